The van der Waals surface area contributed by atoms with Crippen LogP contribution in [0.15, 0.2) is 12.1 Å². The van der Waals surface area contributed by atoms with Gasteiger partial charge in [0, 0.05) is 15.2 Å². The first-order valence-corrected chi connectivity index (χ1v) is 7.97. The topological polar surface area (TPSA) is 26.3 Å². The number of carbonyl (C=O) groups is 1. The maximum absolute atomic E-state index is 12.8. The summed E-state index contributed by atoms with van der Waals surface area (Å²) in [4.78, 5) is 12.8. The van der Waals surface area contributed by atoms with Gasteiger partial charge in [0.1, 0.15) is 5.75 Å². The monoisotopic (exact) mass is 305 g/mol. The van der Waals surface area contributed by atoms with E-state index in [-0.39, 0.29) is 10.8 Å². The third kappa shape index (κ3) is 3.37. The summed E-state index contributed by atoms with van der Waals surface area (Å²) in [6, 6.07) is 4.07. The van der Waals surface area contributed by atoms with Crippen LogP contribution in [0.2, 0.25) is 0 Å². The van der Waals surface area contributed by atoms with E-state index in [1.165, 1.54) is 0 Å². The standard InChI is InChI=1S/C20H30O2/c1-13-11-14(18(2,3)4)16(15(12-13)19(5,6)7)22-17(21)20(8)9-10-20/h11-12H,9-10H2,1-8H3/i8D3. The molecule has 0 radical (unpaired) electrons. The molecular formula is C20H30O2. The largest absolute Gasteiger partial charge is 0.425 e. The van der Waals surface area contributed by atoms with Gasteiger partial charge in [0.25, 0.3) is 0 Å². The normalized spacial score (nSPS) is 19.9. The molecule has 0 aromatic heterocycles. The van der Waals surface area contributed by atoms with Crippen molar-refractivity contribution >= 4 is 5.97 Å². The zero-order valence-corrected chi connectivity index (χ0v) is 14.9. The summed E-state index contributed by atoms with van der Waals surface area (Å²) < 4.78 is 29.0. The predicted molar refractivity (Wildman–Crippen MR) is 91.6 cm³/mol. The molecule has 2 heteroatoms. The zero-order valence-electron chi connectivity index (χ0n) is 17.9. The fourth-order valence-corrected chi connectivity index (χ4v) is 2.52. The van der Waals surface area contributed by atoms with Gasteiger partial charge < -0.3 is 4.74 Å². The minimum atomic E-state index is -2.32. The molecule has 0 bridgehead atoms. The molecule has 2 nitrogen and oxygen atoms in total. The molecule has 1 aliphatic carbocycles. The lowest BCUT2D eigenvalue weighted by atomic mass is 9.78. The Kier molecular flexibility index (Phi) is 3.06. The van der Waals surface area contributed by atoms with E-state index in [2.05, 4.69) is 41.5 Å². The summed E-state index contributed by atoms with van der Waals surface area (Å²) in [5.74, 6) is -0.0847. The van der Waals surface area contributed by atoms with Crippen molar-refractivity contribution in [2.24, 2.45) is 5.41 Å². The highest BCUT2D eigenvalue weighted by molar-refractivity contribution is 5.82. The second-order valence-corrected chi connectivity index (χ2v) is 8.66. The van der Waals surface area contributed by atoms with Crippen molar-refractivity contribution in [3.05, 3.63) is 28.8 Å². The average molecular weight is 305 g/mol. The maximum atomic E-state index is 12.8. The summed E-state index contributed by atoms with van der Waals surface area (Å²) in [6.07, 6.45) is 0.730. The van der Waals surface area contributed by atoms with Gasteiger partial charge >= 0.3 is 5.97 Å². The van der Waals surface area contributed by atoms with E-state index in [1.54, 1.807) is 0 Å². The van der Waals surface area contributed by atoms with Crippen LogP contribution in [0.1, 0.15) is 82.0 Å². The van der Waals surface area contributed by atoms with Crippen molar-refractivity contribution < 1.29 is 13.6 Å². The minimum Gasteiger partial charge on any atom is -0.425 e. The highest BCUT2D eigenvalue weighted by atomic mass is 16.5. The van der Waals surface area contributed by atoms with Crippen molar-refractivity contribution in [1.82, 2.24) is 0 Å². The summed E-state index contributed by atoms with van der Waals surface area (Å²) in [5, 5.41) is 0. The number of aryl methyl sites for hydroxylation is 1. The van der Waals surface area contributed by atoms with Gasteiger partial charge in [-0.15, -0.1) is 0 Å². The molecule has 22 heavy (non-hydrogen) atoms. The van der Waals surface area contributed by atoms with E-state index in [1.807, 2.05) is 19.1 Å². The van der Waals surface area contributed by atoms with Crippen molar-refractivity contribution in [3.63, 3.8) is 0 Å². The lowest BCUT2D eigenvalue weighted by Gasteiger charge is -2.30. The maximum Gasteiger partial charge on any atom is 0.317 e. The molecule has 0 unspecified atom stereocenters. The van der Waals surface area contributed by atoms with Gasteiger partial charge in [0.15, 0.2) is 0 Å². The molecule has 0 aliphatic heterocycles. The Bertz CT molecular complexity index is 649. The highest BCUT2D eigenvalue weighted by Gasteiger charge is 2.47. The molecule has 0 N–H and O–H groups in total. The first-order valence-electron chi connectivity index (χ1n) is 9.47. The van der Waals surface area contributed by atoms with Crippen molar-refractivity contribution in [2.45, 2.75) is 79.0 Å². The van der Waals surface area contributed by atoms with Crippen LogP contribution in [0.5, 0.6) is 5.75 Å². The molecule has 2 rings (SSSR count). The Morgan fingerprint density at radius 3 is 1.86 bits per heavy atom. The number of ether oxygens (including phenoxy) is 1. The fraction of sp³-hybridized carbons (Fsp3) is 0.650. The van der Waals surface area contributed by atoms with E-state index >= 15 is 0 Å². The molecule has 0 saturated heterocycles. The Labute approximate surface area is 139 Å². The van der Waals surface area contributed by atoms with Crippen LogP contribution in [0.25, 0.3) is 0 Å². The summed E-state index contributed by atoms with van der Waals surface area (Å²) in [6.45, 7) is 12.1. The van der Waals surface area contributed by atoms with Crippen LogP contribution in [-0.2, 0) is 15.6 Å². The Hall–Kier alpha value is -1.31. The van der Waals surface area contributed by atoms with Crippen LogP contribution in [0, 0.1) is 12.3 Å². The van der Waals surface area contributed by atoms with E-state index in [0.29, 0.717) is 18.6 Å². The second kappa shape index (κ2) is 5.11. The van der Waals surface area contributed by atoms with E-state index in [9.17, 15) is 4.79 Å². The van der Waals surface area contributed by atoms with E-state index in [0.717, 1.165) is 16.7 Å². The molecule has 0 heterocycles. The van der Waals surface area contributed by atoms with Crippen LogP contribution < -0.4 is 4.74 Å². The first kappa shape index (κ1) is 13.2. The van der Waals surface area contributed by atoms with Gasteiger partial charge in [0.2, 0.25) is 0 Å². The number of carbonyl (C=O) groups excluding carboxylic acids is 1. The molecule has 0 spiro atoms. The van der Waals surface area contributed by atoms with Crippen LogP contribution in [0.3, 0.4) is 0 Å². The van der Waals surface area contributed by atoms with Crippen LogP contribution in [0.4, 0.5) is 0 Å². The van der Waals surface area contributed by atoms with E-state index < -0.39 is 18.2 Å². The van der Waals surface area contributed by atoms with Crippen molar-refractivity contribution in [1.29, 1.82) is 0 Å². The van der Waals surface area contributed by atoms with Crippen LogP contribution >= 0.6 is 0 Å². The summed E-state index contributed by atoms with van der Waals surface area (Å²) in [7, 11) is 0. The molecular weight excluding hydrogens is 272 g/mol. The quantitative estimate of drug-likeness (QED) is 0.548. The zero-order chi connectivity index (χ0) is 19.4. The Morgan fingerprint density at radius 1 is 1.09 bits per heavy atom. The lowest BCUT2D eigenvalue weighted by molar-refractivity contribution is -0.139. The first-order chi connectivity index (χ1) is 11.1. The van der Waals surface area contributed by atoms with Gasteiger partial charge in [-0.1, -0.05) is 59.2 Å². The van der Waals surface area contributed by atoms with Gasteiger partial charge in [0.05, 0.1) is 5.41 Å². The van der Waals surface area contributed by atoms with Crippen molar-refractivity contribution in [2.75, 3.05) is 0 Å². The van der Waals surface area contributed by atoms with Crippen molar-refractivity contribution in [3.8, 4) is 5.75 Å². The van der Waals surface area contributed by atoms with Gasteiger partial charge in [-0.05, 0) is 37.4 Å². The molecule has 122 valence electrons. The summed E-state index contributed by atoms with van der Waals surface area (Å²) >= 11 is 0. The SMILES string of the molecule is [2H]C([2H])([2H])C1(C(=O)Oc2c(C(C)(C)C)cc(C)cc2C(C)(C)C)CC1. The predicted octanol–water partition coefficient (Wildman–Crippen LogP) is 5.30. The fourth-order valence-electron chi connectivity index (χ4n) is 2.52. The molecule has 1 aromatic rings. The smallest absolute Gasteiger partial charge is 0.317 e. The number of benzene rings is 1. The molecule has 1 aromatic carbocycles. The van der Waals surface area contributed by atoms with Gasteiger partial charge in [-0.25, -0.2) is 0 Å². The molecule has 1 aliphatic rings. The Balaban J connectivity index is 2.58. The lowest BCUT2D eigenvalue weighted by Crippen LogP contribution is -2.25. The molecule has 1 saturated carbocycles. The average Bonchev–Trinajstić information content (AvgIpc) is 3.18. The van der Waals surface area contributed by atoms with E-state index in [4.69, 9.17) is 8.85 Å². The molecule has 0 atom stereocenters. The highest BCUT2D eigenvalue weighted by Crippen LogP contribution is 2.48. The van der Waals surface area contributed by atoms with Gasteiger partial charge in [-0.3, -0.25) is 4.79 Å². The molecule has 1 fully saturated rings. The number of rotatable bonds is 2. The minimum absolute atomic E-state index is 0.224. The number of esters is 1. The Morgan fingerprint density at radius 2 is 1.55 bits per heavy atom. The third-order valence-electron chi connectivity index (χ3n) is 4.18. The second-order valence-electron chi connectivity index (χ2n) is 8.66. The number of hydrogen-bond donors (Lipinski definition) is 0. The third-order valence-corrected chi connectivity index (χ3v) is 4.18. The summed E-state index contributed by atoms with van der Waals surface area (Å²) in [5.41, 5.74) is 1.20. The molecule has 0 amide bonds. The number of hydrogen-bond acceptors (Lipinski definition) is 2. The van der Waals surface area contributed by atoms with Gasteiger partial charge in [-0.2, -0.15) is 0 Å². The van der Waals surface area contributed by atoms with Crippen LogP contribution in [-0.4, -0.2) is 5.97 Å².